The van der Waals surface area contributed by atoms with Crippen molar-refractivity contribution in [3.63, 3.8) is 0 Å². The van der Waals surface area contributed by atoms with Crippen molar-refractivity contribution in [1.82, 2.24) is 4.90 Å². The van der Waals surface area contributed by atoms with Crippen LogP contribution < -0.4 is 5.73 Å². The van der Waals surface area contributed by atoms with E-state index in [0.717, 1.165) is 31.8 Å². The summed E-state index contributed by atoms with van der Waals surface area (Å²) in [5, 5.41) is 0. The van der Waals surface area contributed by atoms with Gasteiger partial charge in [0.2, 0.25) is 0 Å². The first-order valence-electron chi connectivity index (χ1n) is 6.64. The fourth-order valence-electron chi connectivity index (χ4n) is 2.26. The molecule has 0 aromatic carbocycles. The molecule has 1 aliphatic carbocycles. The summed E-state index contributed by atoms with van der Waals surface area (Å²) in [5.74, 6) is 0.961. The van der Waals surface area contributed by atoms with Crippen LogP contribution in [0.1, 0.15) is 52.9 Å². The Labute approximate surface area is 95.2 Å². The predicted octanol–water partition coefficient (Wildman–Crippen LogP) is 2.63. The molecule has 0 aliphatic heterocycles. The minimum atomic E-state index is 0.0414. The first-order chi connectivity index (χ1) is 7.13. The molecule has 1 rings (SSSR count). The summed E-state index contributed by atoms with van der Waals surface area (Å²) in [7, 11) is 0. The molecule has 2 nitrogen and oxygen atoms in total. The van der Waals surface area contributed by atoms with E-state index < -0.39 is 0 Å². The number of rotatable bonds is 7. The summed E-state index contributed by atoms with van der Waals surface area (Å²) >= 11 is 0. The molecule has 1 saturated carbocycles. The van der Waals surface area contributed by atoms with Gasteiger partial charge < -0.3 is 10.6 Å². The maximum absolute atomic E-state index is 6.37. The zero-order valence-electron chi connectivity index (χ0n) is 10.8. The van der Waals surface area contributed by atoms with E-state index in [9.17, 15) is 0 Å². The third-order valence-electron chi connectivity index (χ3n) is 4.14. The second-order valence-corrected chi connectivity index (χ2v) is 5.19. The van der Waals surface area contributed by atoms with Gasteiger partial charge in [0, 0.05) is 18.6 Å². The summed E-state index contributed by atoms with van der Waals surface area (Å²) in [4.78, 5) is 2.55. The van der Waals surface area contributed by atoms with Crippen LogP contribution in [0.5, 0.6) is 0 Å². The van der Waals surface area contributed by atoms with Gasteiger partial charge in [-0.05, 0) is 38.1 Å². The average Bonchev–Trinajstić information content (AvgIpc) is 2.21. The van der Waals surface area contributed by atoms with E-state index in [-0.39, 0.29) is 5.54 Å². The number of nitrogens with zero attached hydrogens (tertiary/aromatic N) is 1. The van der Waals surface area contributed by atoms with Gasteiger partial charge in [-0.15, -0.1) is 0 Å². The molecule has 0 aromatic heterocycles. The molecular formula is C13H28N2. The van der Waals surface area contributed by atoms with Gasteiger partial charge in [0.25, 0.3) is 0 Å². The Balaban J connectivity index is 2.36. The maximum atomic E-state index is 6.37. The van der Waals surface area contributed by atoms with Crippen molar-refractivity contribution in [2.45, 2.75) is 58.4 Å². The van der Waals surface area contributed by atoms with Crippen molar-refractivity contribution >= 4 is 0 Å². The molecule has 1 aliphatic rings. The topological polar surface area (TPSA) is 29.3 Å². The van der Waals surface area contributed by atoms with Gasteiger partial charge in [-0.2, -0.15) is 0 Å². The van der Waals surface area contributed by atoms with E-state index in [1.165, 1.54) is 25.8 Å². The van der Waals surface area contributed by atoms with Crippen molar-refractivity contribution in [3.05, 3.63) is 0 Å². The van der Waals surface area contributed by atoms with Gasteiger partial charge in [0.05, 0.1) is 0 Å². The largest absolute Gasteiger partial charge is 0.324 e. The Morgan fingerprint density at radius 3 is 2.13 bits per heavy atom. The molecule has 0 unspecified atom stereocenters. The molecule has 0 bridgehead atoms. The highest BCUT2D eigenvalue weighted by Gasteiger charge is 2.26. The molecule has 2 N–H and O–H groups in total. The van der Waals surface area contributed by atoms with Gasteiger partial charge in [-0.25, -0.2) is 0 Å². The lowest BCUT2D eigenvalue weighted by Gasteiger charge is -2.37. The van der Waals surface area contributed by atoms with Crippen LogP contribution in [-0.2, 0) is 0 Å². The van der Waals surface area contributed by atoms with Crippen molar-refractivity contribution in [2.24, 2.45) is 11.7 Å². The van der Waals surface area contributed by atoms with Gasteiger partial charge in [-0.1, -0.05) is 27.2 Å². The van der Waals surface area contributed by atoms with E-state index in [4.69, 9.17) is 5.73 Å². The van der Waals surface area contributed by atoms with Crippen LogP contribution in [0.4, 0.5) is 0 Å². The molecule has 0 heterocycles. The monoisotopic (exact) mass is 212 g/mol. The minimum absolute atomic E-state index is 0.0414. The first-order valence-corrected chi connectivity index (χ1v) is 6.64. The molecule has 0 aromatic rings. The molecule has 0 radical (unpaired) electrons. The zero-order valence-corrected chi connectivity index (χ0v) is 10.8. The van der Waals surface area contributed by atoms with E-state index in [0.29, 0.717) is 0 Å². The number of hydrogen-bond donors (Lipinski definition) is 1. The molecule has 2 heteroatoms. The third kappa shape index (κ3) is 3.76. The van der Waals surface area contributed by atoms with Crippen LogP contribution in [0, 0.1) is 5.92 Å². The van der Waals surface area contributed by atoms with E-state index in [1.807, 2.05) is 0 Å². The summed E-state index contributed by atoms with van der Waals surface area (Å²) in [5.41, 5.74) is 6.41. The number of nitrogens with two attached hydrogens (primary N) is 1. The van der Waals surface area contributed by atoms with Crippen LogP contribution >= 0.6 is 0 Å². The summed E-state index contributed by atoms with van der Waals surface area (Å²) in [6.45, 7) is 10.2. The Bertz CT molecular complexity index is 171. The standard InChI is InChI=1S/C13H28N2/c1-4-13(14,5-2)11-15(6-3)10-12-8-7-9-12/h12H,4-11,14H2,1-3H3. The summed E-state index contributed by atoms with van der Waals surface area (Å²) in [6.07, 6.45) is 6.49. The zero-order chi connectivity index (χ0) is 11.3. The normalized spacial score (nSPS) is 18.2. The van der Waals surface area contributed by atoms with Gasteiger partial charge >= 0.3 is 0 Å². The smallest absolute Gasteiger partial charge is 0.0278 e. The lowest BCUT2D eigenvalue weighted by Crippen LogP contribution is -2.50. The lowest BCUT2D eigenvalue weighted by atomic mass is 9.84. The Kier molecular flexibility index (Phi) is 5.07. The molecule has 90 valence electrons. The molecule has 15 heavy (non-hydrogen) atoms. The lowest BCUT2D eigenvalue weighted by molar-refractivity contribution is 0.148. The quantitative estimate of drug-likeness (QED) is 0.703. The second kappa shape index (κ2) is 5.86. The van der Waals surface area contributed by atoms with Crippen molar-refractivity contribution in [3.8, 4) is 0 Å². The highest BCUT2D eigenvalue weighted by Crippen LogP contribution is 2.27. The maximum Gasteiger partial charge on any atom is 0.0278 e. The van der Waals surface area contributed by atoms with E-state index in [2.05, 4.69) is 25.7 Å². The molecule has 0 amide bonds. The Morgan fingerprint density at radius 2 is 1.80 bits per heavy atom. The fourth-order valence-corrected chi connectivity index (χ4v) is 2.26. The van der Waals surface area contributed by atoms with Gasteiger partial charge in [0.15, 0.2) is 0 Å². The second-order valence-electron chi connectivity index (χ2n) is 5.19. The summed E-state index contributed by atoms with van der Waals surface area (Å²) < 4.78 is 0. The number of likely N-dealkylation sites (N-methyl/N-ethyl adjacent to an activating group) is 1. The van der Waals surface area contributed by atoms with Crippen LogP contribution in [0.3, 0.4) is 0 Å². The highest BCUT2D eigenvalue weighted by atomic mass is 15.1. The van der Waals surface area contributed by atoms with Crippen LogP contribution in [0.25, 0.3) is 0 Å². The van der Waals surface area contributed by atoms with Crippen molar-refractivity contribution < 1.29 is 0 Å². The van der Waals surface area contributed by atoms with Crippen LogP contribution in [-0.4, -0.2) is 30.1 Å². The molecule has 0 atom stereocenters. The van der Waals surface area contributed by atoms with Crippen molar-refractivity contribution in [1.29, 1.82) is 0 Å². The van der Waals surface area contributed by atoms with Gasteiger partial charge in [-0.3, -0.25) is 0 Å². The first kappa shape index (κ1) is 13.0. The van der Waals surface area contributed by atoms with Crippen LogP contribution in [0.2, 0.25) is 0 Å². The van der Waals surface area contributed by atoms with Gasteiger partial charge in [0.1, 0.15) is 0 Å². The third-order valence-corrected chi connectivity index (χ3v) is 4.14. The average molecular weight is 212 g/mol. The Morgan fingerprint density at radius 1 is 1.20 bits per heavy atom. The number of hydrogen-bond acceptors (Lipinski definition) is 2. The molecule has 1 fully saturated rings. The molecule has 0 spiro atoms. The molecular weight excluding hydrogens is 184 g/mol. The Hall–Kier alpha value is -0.0800. The predicted molar refractivity (Wildman–Crippen MR) is 67.0 cm³/mol. The fraction of sp³-hybridized carbons (Fsp3) is 1.00. The summed E-state index contributed by atoms with van der Waals surface area (Å²) in [6, 6.07) is 0. The minimum Gasteiger partial charge on any atom is -0.324 e. The van der Waals surface area contributed by atoms with Crippen LogP contribution in [0.15, 0.2) is 0 Å². The SMILES string of the molecule is CCN(CC1CCC1)CC(N)(CC)CC. The van der Waals surface area contributed by atoms with E-state index >= 15 is 0 Å². The van der Waals surface area contributed by atoms with E-state index in [1.54, 1.807) is 0 Å². The molecule has 0 saturated heterocycles. The highest BCUT2D eigenvalue weighted by molar-refractivity contribution is 4.86. The van der Waals surface area contributed by atoms with Crippen molar-refractivity contribution in [2.75, 3.05) is 19.6 Å².